The van der Waals surface area contributed by atoms with Crippen LogP contribution in [0.1, 0.15) is 21.6 Å². The molecular formula is C19H16F2N4O. The average Bonchev–Trinajstić information content (AvgIpc) is 2.64. The molecule has 7 heteroatoms. The van der Waals surface area contributed by atoms with Gasteiger partial charge in [-0.3, -0.25) is 4.79 Å². The van der Waals surface area contributed by atoms with Gasteiger partial charge in [0.2, 0.25) is 0 Å². The highest BCUT2D eigenvalue weighted by molar-refractivity contribution is 6.03. The van der Waals surface area contributed by atoms with E-state index in [0.717, 1.165) is 17.7 Å². The summed E-state index contributed by atoms with van der Waals surface area (Å²) in [5, 5.41) is 5.59. The van der Waals surface area contributed by atoms with Crippen LogP contribution in [-0.2, 0) is 6.54 Å². The summed E-state index contributed by atoms with van der Waals surface area (Å²) in [6.45, 7) is 2.56. The lowest BCUT2D eigenvalue weighted by atomic mass is 10.1. The molecule has 0 saturated heterocycles. The van der Waals surface area contributed by atoms with E-state index in [0.29, 0.717) is 12.4 Å². The molecule has 0 atom stereocenters. The van der Waals surface area contributed by atoms with Crippen LogP contribution in [-0.4, -0.2) is 15.9 Å². The van der Waals surface area contributed by atoms with Gasteiger partial charge in [0, 0.05) is 24.4 Å². The lowest BCUT2D eigenvalue weighted by Crippen LogP contribution is -2.15. The van der Waals surface area contributed by atoms with E-state index in [-0.39, 0.29) is 11.4 Å². The third-order valence-electron chi connectivity index (χ3n) is 3.67. The van der Waals surface area contributed by atoms with Crippen LogP contribution in [0, 0.1) is 18.6 Å². The molecule has 3 rings (SSSR count). The third-order valence-corrected chi connectivity index (χ3v) is 3.67. The fourth-order valence-electron chi connectivity index (χ4n) is 2.25. The monoisotopic (exact) mass is 354 g/mol. The van der Waals surface area contributed by atoms with E-state index in [1.165, 1.54) is 24.0 Å². The molecule has 3 aromatic rings. The van der Waals surface area contributed by atoms with Crippen LogP contribution in [0.4, 0.5) is 20.3 Å². The van der Waals surface area contributed by atoms with Crippen LogP contribution in [0.25, 0.3) is 0 Å². The van der Waals surface area contributed by atoms with E-state index in [9.17, 15) is 13.6 Å². The zero-order valence-corrected chi connectivity index (χ0v) is 14.0. The third kappa shape index (κ3) is 4.38. The molecule has 2 aromatic carbocycles. The summed E-state index contributed by atoms with van der Waals surface area (Å²) in [6.07, 6.45) is 1.26. The van der Waals surface area contributed by atoms with Crippen molar-refractivity contribution in [2.45, 2.75) is 13.5 Å². The van der Waals surface area contributed by atoms with Crippen molar-refractivity contribution in [3.05, 3.63) is 83.3 Å². The molecule has 0 bridgehead atoms. The molecule has 26 heavy (non-hydrogen) atoms. The minimum absolute atomic E-state index is 0.108. The van der Waals surface area contributed by atoms with Crippen molar-refractivity contribution < 1.29 is 13.6 Å². The number of halogens is 2. The van der Waals surface area contributed by atoms with E-state index in [1.807, 2.05) is 31.2 Å². The molecule has 0 saturated carbocycles. The van der Waals surface area contributed by atoms with Crippen LogP contribution < -0.4 is 10.6 Å². The second-order valence-electron chi connectivity index (χ2n) is 5.71. The van der Waals surface area contributed by atoms with E-state index in [2.05, 4.69) is 20.6 Å². The van der Waals surface area contributed by atoms with Crippen molar-refractivity contribution in [1.82, 2.24) is 9.97 Å². The van der Waals surface area contributed by atoms with Crippen molar-refractivity contribution in [3.8, 4) is 0 Å². The highest BCUT2D eigenvalue weighted by Crippen LogP contribution is 2.15. The molecule has 0 aliphatic heterocycles. The minimum Gasteiger partial charge on any atom is -0.366 e. The normalized spacial score (nSPS) is 10.4. The Labute approximate surface area is 149 Å². The van der Waals surface area contributed by atoms with Crippen molar-refractivity contribution in [3.63, 3.8) is 0 Å². The summed E-state index contributed by atoms with van der Waals surface area (Å²) in [4.78, 5) is 20.2. The van der Waals surface area contributed by atoms with Gasteiger partial charge in [-0.05, 0) is 24.6 Å². The Bertz CT molecular complexity index is 929. The summed E-state index contributed by atoms with van der Waals surface area (Å²) >= 11 is 0. The molecule has 1 amide bonds. The van der Waals surface area contributed by atoms with Crippen molar-refractivity contribution in [1.29, 1.82) is 0 Å². The summed E-state index contributed by atoms with van der Waals surface area (Å²) in [5.41, 5.74) is 2.49. The maximum absolute atomic E-state index is 13.2. The molecule has 132 valence electrons. The van der Waals surface area contributed by atoms with Crippen LogP contribution in [0.2, 0.25) is 0 Å². The number of anilines is 2. The quantitative estimate of drug-likeness (QED) is 0.729. The fourth-order valence-corrected chi connectivity index (χ4v) is 2.25. The number of nitrogens with one attached hydrogen (secondary N) is 2. The van der Waals surface area contributed by atoms with Gasteiger partial charge in [0.05, 0.1) is 0 Å². The number of hydrogen-bond donors (Lipinski definition) is 2. The van der Waals surface area contributed by atoms with Gasteiger partial charge in [0.15, 0.2) is 11.6 Å². The summed E-state index contributed by atoms with van der Waals surface area (Å²) in [7, 11) is 0. The molecular weight excluding hydrogens is 338 g/mol. The lowest BCUT2D eigenvalue weighted by molar-refractivity contribution is 0.102. The Morgan fingerprint density at radius 3 is 2.50 bits per heavy atom. The minimum atomic E-state index is -1.04. The molecule has 2 N–H and O–H groups in total. The Balaban J connectivity index is 1.66. The van der Waals surface area contributed by atoms with E-state index in [4.69, 9.17) is 0 Å². The van der Waals surface area contributed by atoms with Crippen LogP contribution in [0.15, 0.2) is 54.9 Å². The van der Waals surface area contributed by atoms with Crippen LogP contribution >= 0.6 is 0 Å². The first-order chi connectivity index (χ1) is 12.5. The molecule has 1 heterocycles. The first-order valence-corrected chi connectivity index (χ1v) is 7.89. The Morgan fingerprint density at radius 1 is 1.00 bits per heavy atom. The van der Waals surface area contributed by atoms with E-state index < -0.39 is 17.5 Å². The lowest BCUT2D eigenvalue weighted by Gasteiger charge is -2.08. The first kappa shape index (κ1) is 17.5. The van der Waals surface area contributed by atoms with Crippen molar-refractivity contribution in [2.24, 2.45) is 0 Å². The number of rotatable bonds is 5. The zero-order valence-electron chi connectivity index (χ0n) is 14.0. The van der Waals surface area contributed by atoms with Crippen molar-refractivity contribution in [2.75, 3.05) is 10.6 Å². The Kier molecular flexibility index (Phi) is 5.17. The number of amides is 1. The van der Waals surface area contributed by atoms with Gasteiger partial charge in [-0.1, -0.05) is 29.8 Å². The van der Waals surface area contributed by atoms with E-state index in [1.54, 1.807) is 0 Å². The van der Waals surface area contributed by atoms with Gasteiger partial charge in [-0.2, -0.15) is 0 Å². The summed E-state index contributed by atoms with van der Waals surface area (Å²) < 4.78 is 26.2. The van der Waals surface area contributed by atoms with Gasteiger partial charge in [0.1, 0.15) is 17.8 Å². The van der Waals surface area contributed by atoms with Crippen molar-refractivity contribution >= 4 is 17.4 Å². The molecule has 0 fully saturated rings. The Hall–Kier alpha value is -3.35. The number of carbonyl (C=O) groups is 1. The SMILES string of the molecule is Cc1ccc(CNc2cc(C(=O)Nc3ccc(F)c(F)c3)ncn2)cc1. The molecule has 0 aliphatic rings. The molecule has 0 radical (unpaired) electrons. The second kappa shape index (κ2) is 7.69. The number of benzene rings is 2. The smallest absolute Gasteiger partial charge is 0.274 e. The van der Waals surface area contributed by atoms with Gasteiger partial charge in [0.25, 0.3) is 5.91 Å². The largest absolute Gasteiger partial charge is 0.366 e. The molecule has 0 unspecified atom stereocenters. The summed E-state index contributed by atoms with van der Waals surface area (Å²) in [5.74, 6) is -2.08. The number of aromatic nitrogens is 2. The highest BCUT2D eigenvalue weighted by atomic mass is 19.2. The van der Waals surface area contributed by atoms with Gasteiger partial charge in [-0.25, -0.2) is 18.7 Å². The number of nitrogens with zero attached hydrogens (tertiary/aromatic N) is 2. The number of hydrogen-bond acceptors (Lipinski definition) is 4. The van der Waals surface area contributed by atoms with Crippen LogP contribution in [0.3, 0.4) is 0 Å². The molecule has 5 nitrogen and oxygen atoms in total. The predicted molar refractivity (Wildman–Crippen MR) is 94.8 cm³/mol. The molecule has 0 spiro atoms. The molecule has 0 aliphatic carbocycles. The predicted octanol–water partition coefficient (Wildman–Crippen LogP) is 3.93. The van der Waals surface area contributed by atoms with E-state index >= 15 is 0 Å². The molecule has 1 aromatic heterocycles. The Morgan fingerprint density at radius 2 is 1.77 bits per heavy atom. The number of carbonyl (C=O) groups excluding carboxylic acids is 1. The topological polar surface area (TPSA) is 66.9 Å². The second-order valence-corrected chi connectivity index (χ2v) is 5.71. The van der Waals surface area contributed by atoms with Gasteiger partial charge < -0.3 is 10.6 Å². The zero-order chi connectivity index (χ0) is 18.5. The highest BCUT2D eigenvalue weighted by Gasteiger charge is 2.11. The average molecular weight is 354 g/mol. The fraction of sp³-hybridized carbons (Fsp3) is 0.105. The standard InChI is InChI=1S/C19H16F2N4O/c1-12-2-4-13(5-3-12)10-22-18-9-17(23-11-24-18)19(26)25-14-6-7-15(20)16(21)8-14/h2-9,11H,10H2,1H3,(H,25,26)(H,22,23,24). The number of aryl methyl sites for hydroxylation is 1. The van der Waals surface area contributed by atoms with Gasteiger partial charge in [-0.15, -0.1) is 0 Å². The summed E-state index contributed by atoms with van der Waals surface area (Å²) in [6, 6.07) is 12.6. The van der Waals surface area contributed by atoms with Gasteiger partial charge >= 0.3 is 0 Å². The first-order valence-electron chi connectivity index (χ1n) is 7.89. The maximum atomic E-state index is 13.2. The van der Waals surface area contributed by atoms with Crippen LogP contribution in [0.5, 0.6) is 0 Å². The maximum Gasteiger partial charge on any atom is 0.274 e.